The average molecular weight is 452 g/mol. The lowest BCUT2D eigenvalue weighted by Crippen LogP contribution is -2.20. The average Bonchev–Trinajstić information content (AvgIpc) is 2.25. The van der Waals surface area contributed by atoms with Crippen molar-refractivity contribution in [2.75, 3.05) is 11.9 Å². The van der Waals surface area contributed by atoms with Gasteiger partial charge in [-0.1, -0.05) is 34.5 Å². The van der Waals surface area contributed by atoms with Gasteiger partial charge in [-0.2, -0.15) is 0 Å². The Morgan fingerprint density at radius 1 is 1.21 bits per heavy atom. The Balaban J connectivity index is 2.02. The van der Waals surface area contributed by atoms with Crippen LogP contribution < -0.4 is 5.32 Å². The maximum absolute atomic E-state index is 3.61. The van der Waals surface area contributed by atoms with E-state index in [0.717, 1.165) is 31.6 Å². The van der Waals surface area contributed by atoms with E-state index < -0.39 is 0 Å². The molecule has 0 aliphatic heterocycles. The Morgan fingerprint density at radius 2 is 1.84 bits per heavy atom. The van der Waals surface area contributed by atoms with E-state index in [-0.39, 0.29) is 0 Å². The van der Waals surface area contributed by atoms with Crippen LogP contribution in [-0.2, 0) is 0 Å². The van der Waals surface area contributed by atoms with E-state index >= 15 is 0 Å². The highest BCUT2D eigenvalue weighted by Gasteiger charge is 2.18. The van der Waals surface area contributed by atoms with Gasteiger partial charge in [-0.3, -0.25) is 0 Å². The van der Waals surface area contributed by atoms with Crippen molar-refractivity contribution in [2.24, 2.45) is 11.8 Å². The predicted octanol–water partition coefficient (Wildman–Crippen LogP) is 6.38. The van der Waals surface area contributed by atoms with Gasteiger partial charge < -0.3 is 5.32 Å². The van der Waals surface area contributed by atoms with Crippen LogP contribution in [0, 0.1) is 11.8 Å². The summed E-state index contributed by atoms with van der Waals surface area (Å²) in [5.41, 5.74) is 2.67. The fraction of sp³-hybridized carbons (Fsp3) is 0.467. The van der Waals surface area contributed by atoms with Crippen molar-refractivity contribution in [3.05, 3.63) is 37.2 Å². The third-order valence-corrected chi connectivity index (χ3v) is 5.17. The quantitative estimate of drug-likeness (QED) is 0.526. The zero-order valence-corrected chi connectivity index (χ0v) is 15.9. The lowest BCUT2D eigenvalue weighted by atomic mass is 9.84. The van der Waals surface area contributed by atoms with Crippen LogP contribution in [0.3, 0.4) is 0 Å². The van der Waals surface area contributed by atoms with Crippen LogP contribution in [0.4, 0.5) is 5.69 Å². The zero-order chi connectivity index (χ0) is 14.0. The second-order valence-electron chi connectivity index (χ2n) is 5.42. The first kappa shape index (κ1) is 15.6. The Kier molecular flexibility index (Phi) is 5.55. The van der Waals surface area contributed by atoms with Crippen LogP contribution in [-0.4, -0.2) is 6.54 Å². The number of rotatable bonds is 3. The zero-order valence-electron chi connectivity index (χ0n) is 11.1. The molecule has 1 nitrogen and oxygen atoms in total. The van der Waals surface area contributed by atoms with E-state index in [1.165, 1.54) is 18.4 Å². The number of halogens is 3. The van der Waals surface area contributed by atoms with Crippen LogP contribution in [0.2, 0.25) is 0 Å². The summed E-state index contributed by atoms with van der Waals surface area (Å²) < 4.78 is 3.25. The van der Waals surface area contributed by atoms with Gasteiger partial charge in [0.15, 0.2) is 0 Å². The maximum atomic E-state index is 3.61. The van der Waals surface area contributed by atoms with Gasteiger partial charge in [-0.05, 0) is 75.6 Å². The molecule has 2 unspecified atom stereocenters. The maximum Gasteiger partial charge on any atom is 0.0629 e. The molecular weight excluding hydrogens is 434 g/mol. The molecule has 104 valence electrons. The van der Waals surface area contributed by atoms with Gasteiger partial charge in [0.1, 0.15) is 0 Å². The molecule has 1 aliphatic rings. The minimum Gasteiger partial charge on any atom is -0.383 e. The highest BCUT2D eigenvalue weighted by molar-refractivity contribution is 9.11. The van der Waals surface area contributed by atoms with Gasteiger partial charge in [0.05, 0.1) is 5.69 Å². The predicted molar refractivity (Wildman–Crippen MR) is 93.7 cm³/mol. The molecule has 2 atom stereocenters. The molecule has 19 heavy (non-hydrogen) atoms. The summed E-state index contributed by atoms with van der Waals surface area (Å²) in [5, 5.41) is 3.58. The van der Waals surface area contributed by atoms with Crippen molar-refractivity contribution >= 4 is 53.5 Å². The van der Waals surface area contributed by atoms with Crippen molar-refractivity contribution in [1.29, 1.82) is 0 Å². The number of nitrogens with one attached hydrogen (secondary N) is 1. The number of benzene rings is 1. The van der Waals surface area contributed by atoms with Crippen LogP contribution >= 0.6 is 47.8 Å². The van der Waals surface area contributed by atoms with E-state index in [2.05, 4.69) is 85.2 Å². The first-order chi connectivity index (χ1) is 8.95. The molecular formula is C15H18Br3N. The van der Waals surface area contributed by atoms with Crippen molar-refractivity contribution in [3.8, 4) is 0 Å². The molecule has 0 amide bonds. The van der Waals surface area contributed by atoms with Crippen molar-refractivity contribution in [3.63, 3.8) is 0 Å². The van der Waals surface area contributed by atoms with Gasteiger partial charge in [0, 0.05) is 20.0 Å². The largest absolute Gasteiger partial charge is 0.383 e. The topological polar surface area (TPSA) is 12.0 Å². The molecule has 1 N–H and O–H groups in total. The fourth-order valence-corrected chi connectivity index (χ4v) is 5.34. The molecule has 0 saturated carbocycles. The molecule has 1 aromatic carbocycles. The number of hydrogen-bond acceptors (Lipinski definition) is 1. The van der Waals surface area contributed by atoms with Gasteiger partial charge in [-0.15, -0.1) is 0 Å². The molecule has 0 saturated heterocycles. The summed E-state index contributed by atoms with van der Waals surface area (Å²) in [6, 6.07) is 4.14. The molecule has 1 aromatic rings. The van der Waals surface area contributed by atoms with Crippen molar-refractivity contribution in [2.45, 2.75) is 26.7 Å². The monoisotopic (exact) mass is 449 g/mol. The summed E-state index contributed by atoms with van der Waals surface area (Å²) in [4.78, 5) is 0. The summed E-state index contributed by atoms with van der Waals surface area (Å²) >= 11 is 10.7. The number of allylic oxidation sites excluding steroid dienone is 2. The fourth-order valence-electron chi connectivity index (χ4n) is 2.80. The van der Waals surface area contributed by atoms with E-state index in [4.69, 9.17) is 0 Å². The van der Waals surface area contributed by atoms with E-state index in [1.807, 2.05) is 0 Å². The molecule has 0 aromatic heterocycles. The number of anilines is 1. The molecule has 4 heteroatoms. The van der Waals surface area contributed by atoms with E-state index in [9.17, 15) is 0 Å². The molecule has 1 aliphatic carbocycles. The SMILES string of the molecule is CC1=CC(C)CC(CNc2c(Br)cc(Br)cc2Br)C1. The van der Waals surface area contributed by atoms with E-state index in [1.54, 1.807) is 0 Å². The summed E-state index contributed by atoms with van der Waals surface area (Å²) in [6.45, 7) is 5.57. The standard InChI is InChI=1S/C15H18Br3N/c1-9-3-10(2)5-11(4-9)8-19-15-13(17)6-12(16)7-14(15)18/h3,6-7,9,11,19H,4-5,8H2,1-2H3. The van der Waals surface area contributed by atoms with Crippen LogP contribution in [0.15, 0.2) is 37.2 Å². The van der Waals surface area contributed by atoms with Gasteiger partial charge >= 0.3 is 0 Å². The van der Waals surface area contributed by atoms with Crippen molar-refractivity contribution < 1.29 is 0 Å². The molecule has 0 fully saturated rings. The second-order valence-corrected chi connectivity index (χ2v) is 8.05. The Hall–Kier alpha value is 0.200. The third kappa shape index (κ3) is 4.33. The van der Waals surface area contributed by atoms with Crippen LogP contribution in [0.25, 0.3) is 0 Å². The smallest absolute Gasteiger partial charge is 0.0629 e. The van der Waals surface area contributed by atoms with Crippen LogP contribution in [0.1, 0.15) is 26.7 Å². The molecule has 0 bridgehead atoms. The van der Waals surface area contributed by atoms with Gasteiger partial charge in [-0.25, -0.2) is 0 Å². The van der Waals surface area contributed by atoms with Crippen molar-refractivity contribution in [1.82, 2.24) is 0 Å². The number of hydrogen-bond donors (Lipinski definition) is 1. The third-order valence-electron chi connectivity index (χ3n) is 3.46. The highest BCUT2D eigenvalue weighted by atomic mass is 79.9. The minimum absolute atomic E-state index is 0.706. The second kappa shape index (κ2) is 6.77. The van der Waals surface area contributed by atoms with Gasteiger partial charge in [0.25, 0.3) is 0 Å². The Bertz CT molecular complexity index is 473. The molecule has 2 rings (SSSR count). The van der Waals surface area contributed by atoms with Crippen LogP contribution in [0.5, 0.6) is 0 Å². The molecule has 0 radical (unpaired) electrons. The lowest BCUT2D eigenvalue weighted by Gasteiger charge is -2.26. The molecule has 0 spiro atoms. The summed E-state index contributed by atoms with van der Waals surface area (Å²) in [7, 11) is 0. The lowest BCUT2D eigenvalue weighted by molar-refractivity contribution is 0.421. The summed E-state index contributed by atoms with van der Waals surface area (Å²) in [5.74, 6) is 1.43. The minimum atomic E-state index is 0.706. The normalized spacial score (nSPS) is 23.1. The highest BCUT2D eigenvalue weighted by Crippen LogP contribution is 2.35. The van der Waals surface area contributed by atoms with E-state index in [0.29, 0.717) is 5.92 Å². The Labute approximate surface area is 140 Å². The summed E-state index contributed by atoms with van der Waals surface area (Å²) in [6.07, 6.45) is 4.89. The molecule has 0 heterocycles. The first-order valence-electron chi connectivity index (χ1n) is 6.51. The first-order valence-corrected chi connectivity index (χ1v) is 8.89. The Morgan fingerprint density at radius 3 is 2.42 bits per heavy atom. The van der Waals surface area contributed by atoms with Gasteiger partial charge in [0.2, 0.25) is 0 Å².